The van der Waals surface area contributed by atoms with Crippen molar-refractivity contribution in [3.63, 3.8) is 0 Å². The summed E-state index contributed by atoms with van der Waals surface area (Å²) in [4.78, 5) is 24.2. The Labute approximate surface area is 180 Å². The molecule has 1 unspecified atom stereocenters. The fourth-order valence-corrected chi connectivity index (χ4v) is 3.55. The summed E-state index contributed by atoms with van der Waals surface area (Å²) in [6.45, 7) is -0.490. The minimum Gasteiger partial charge on any atom is -0.504 e. The van der Waals surface area contributed by atoms with Crippen molar-refractivity contribution in [2.45, 2.75) is 37.0 Å². The molecule has 0 bridgehead atoms. The molecule has 1 aliphatic rings. The van der Waals surface area contributed by atoms with E-state index in [9.17, 15) is 35.4 Å². The molecule has 0 saturated carbocycles. The van der Waals surface area contributed by atoms with Gasteiger partial charge in [0.1, 0.15) is 30.7 Å². The summed E-state index contributed by atoms with van der Waals surface area (Å²) in [6.07, 6.45) is -2.25. The molecule has 0 spiro atoms. The lowest BCUT2D eigenvalue weighted by molar-refractivity contribution is -0.137. The first-order chi connectivity index (χ1) is 15.3. The highest BCUT2D eigenvalue weighted by atomic mass is 16.6. The van der Waals surface area contributed by atoms with E-state index >= 15 is 0 Å². The second kappa shape index (κ2) is 8.55. The quantitative estimate of drug-likeness (QED) is 0.217. The van der Waals surface area contributed by atoms with Crippen LogP contribution in [-0.4, -0.2) is 87.1 Å². The van der Waals surface area contributed by atoms with Gasteiger partial charge in [-0.15, -0.1) is 0 Å². The number of phenols is 2. The number of imidazole rings is 1. The second-order valence-electron chi connectivity index (χ2n) is 7.34. The lowest BCUT2D eigenvalue weighted by atomic mass is 10.1. The SMILES string of the molecule is O=C(O)[C@H](Cc1ccc(O)c(O)c1)Nc1ncnc2c1ncn2[C@@H]1O[C@H](CO)C(O)[C@@H]1O. The maximum absolute atomic E-state index is 11.8. The van der Waals surface area contributed by atoms with E-state index in [4.69, 9.17) is 4.74 Å². The molecule has 1 aliphatic heterocycles. The summed E-state index contributed by atoms with van der Waals surface area (Å²) in [5.74, 6) is -1.77. The van der Waals surface area contributed by atoms with Gasteiger partial charge in [-0.2, -0.15) is 0 Å². The zero-order valence-corrected chi connectivity index (χ0v) is 16.5. The number of fused-ring (bicyclic) bond motifs is 1. The number of carboxylic acids is 1. The normalized spacial score (nSPS) is 24.0. The fourth-order valence-electron chi connectivity index (χ4n) is 3.55. The predicted molar refractivity (Wildman–Crippen MR) is 107 cm³/mol. The molecule has 4 rings (SSSR count). The molecule has 3 aromatic rings. The minimum atomic E-state index is -1.34. The van der Waals surface area contributed by atoms with Gasteiger partial charge in [0.2, 0.25) is 0 Å². The number of nitrogens with zero attached hydrogens (tertiary/aromatic N) is 4. The van der Waals surface area contributed by atoms with Gasteiger partial charge in [0.25, 0.3) is 0 Å². The summed E-state index contributed by atoms with van der Waals surface area (Å²) in [7, 11) is 0. The van der Waals surface area contributed by atoms with Gasteiger partial charge in [-0.3, -0.25) is 4.57 Å². The fraction of sp³-hybridized carbons (Fsp3) is 0.368. The Bertz CT molecular complexity index is 1140. The van der Waals surface area contributed by atoms with Crippen LogP contribution in [0.2, 0.25) is 0 Å². The molecule has 1 saturated heterocycles. The first kappa shape index (κ1) is 21.7. The van der Waals surface area contributed by atoms with Crippen LogP contribution in [-0.2, 0) is 16.0 Å². The summed E-state index contributed by atoms with van der Waals surface area (Å²) < 4.78 is 6.86. The number of carboxylic acid groups (broad SMARTS) is 1. The maximum atomic E-state index is 11.8. The van der Waals surface area contributed by atoms with E-state index in [0.717, 1.165) is 0 Å². The van der Waals surface area contributed by atoms with Crippen LogP contribution < -0.4 is 5.32 Å². The Balaban J connectivity index is 1.61. The van der Waals surface area contributed by atoms with Crippen molar-refractivity contribution >= 4 is 23.0 Å². The number of benzene rings is 1. The third-order valence-corrected chi connectivity index (χ3v) is 5.24. The lowest BCUT2D eigenvalue weighted by Crippen LogP contribution is -2.33. The van der Waals surface area contributed by atoms with Crippen molar-refractivity contribution in [3.8, 4) is 11.5 Å². The van der Waals surface area contributed by atoms with Gasteiger partial charge in [0.05, 0.1) is 12.9 Å². The number of nitrogens with one attached hydrogen (secondary N) is 1. The van der Waals surface area contributed by atoms with Crippen LogP contribution in [0.4, 0.5) is 5.82 Å². The Kier molecular flexibility index (Phi) is 5.80. The van der Waals surface area contributed by atoms with E-state index in [0.29, 0.717) is 5.56 Å². The second-order valence-corrected chi connectivity index (χ2v) is 7.34. The third-order valence-electron chi connectivity index (χ3n) is 5.24. The predicted octanol–water partition coefficient (Wildman–Crippen LogP) is -1.04. The van der Waals surface area contributed by atoms with Crippen LogP contribution in [0.3, 0.4) is 0 Å². The number of aliphatic hydroxyl groups is 3. The Morgan fingerprint density at radius 1 is 1.16 bits per heavy atom. The zero-order valence-electron chi connectivity index (χ0n) is 16.5. The first-order valence-electron chi connectivity index (χ1n) is 9.60. The van der Waals surface area contributed by atoms with Crippen molar-refractivity contribution in [2.24, 2.45) is 0 Å². The van der Waals surface area contributed by atoms with Crippen molar-refractivity contribution < 1.29 is 40.2 Å². The number of phenolic OH excluding ortho intramolecular Hbond substituents is 2. The molecular formula is C19H21N5O8. The number of aliphatic hydroxyl groups excluding tert-OH is 3. The van der Waals surface area contributed by atoms with Gasteiger partial charge in [0.15, 0.2) is 34.7 Å². The zero-order chi connectivity index (χ0) is 23.0. The highest BCUT2D eigenvalue weighted by molar-refractivity contribution is 5.86. The Morgan fingerprint density at radius 2 is 1.94 bits per heavy atom. The van der Waals surface area contributed by atoms with Crippen LogP contribution in [0.1, 0.15) is 11.8 Å². The molecular weight excluding hydrogens is 426 g/mol. The average molecular weight is 447 g/mol. The topological polar surface area (TPSA) is 203 Å². The van der Waals surface area contributed by atoms with Gasteiger partial charge >= 0.3 is 5.97 Å². The van der Waals surface area contributed by atoms with Gasteiger partial charge in [-0.05, 0) is 17.7 Å². The number of aliphatic carboxylic acids is 1. The number of hydrogen-bond acceptors (Lipinski definition) is 11. The number of ether oxygens (including phenoxy) is 1. The van der Waals surface area contributed by atoms with Crippen LogP contribution in [0.15, 0.2) is 30.9 Å². The van der Waals surface area contributed by atoms with E-state index in [-0.39, 0.29) is 34.9 Å². The molecule has 0 aliphatic carbocycles. The van der Waals surface area contributed by atoms with Crippen molar-refractivity contribution in [1.29, 1.82) is 0 Å². The molecule has 13 heteroatoms. The van der Waals surface area contributed by atoms with Crippen molar-refractivity contribution in [3.05, 3.63) is 36.4 Å². The van der Waals surface area contributed by atoms with Crippen LogP contribution in [0.25, 0.3) is 11.2 Å². The van der Waals surface area contributed by atoms with Gasteiger partial charge in [0, 0.05) is 6.42 Å². The maximum Gasteiger partial charge on any atom is 0.326 e. The molecule has 13 nitrogen and oxygen atoms in total. The Hall–Kier alpha value is -3.52. The smallest absolute Gasteiger partial charge is 0.326 e. The lowest BCUT2D eigenvalue weighted by Gasteiger charge is -2.17. The largest absolute Gasteiger partial charge is 0.504 e. The van der Waals surface area contributed by atoms with Gasteiger partial charge < -0.3 is 40.7 Å². The van der Waals surface area contributed by atoms with E-state index in [2.05, 4.69) is 20.3 Å². The van der Waals surface area contributed by atoms with Crippen molar-refractivity contribution in [1.82, 2.24) is 19.5 Å². The average Bonchev–Trinajstić information content (AvgIpc) is 3.32. The summed E-state index contributed by atoms with van der Waals surface area (Å²) >= 11 is 0. The molecule has 170 valence electrons. The number of anilines is 1. The van der Waals surface area contributed by atoms with E-state index in [1.54, 1.807) is 0 Å². The molecule has 1 aromatic carbocycles. The minimum absolute atomic E-state index is 0.0375. The molecule has 3 heterocycles. The highest BCUT2D eigenvalue weighted by Crippen LogP contribution is 2.32. The third kappa shape index (κ3) is 3.89. The summed E-state index contributed by atoms with van der Waals surface area (Å²) in [5.41, 5.74) is 0.872. The number of aromatic hydroxyl groups is 2. The monoisotopic (exact) mass is 447 g/mol. The number of rotatable bonds is 7. The molecule has 0 radical (unpaired) electrons. The van der Waals surface area contributed by atoms with Crippen LogP contribution in [0.5, 0.6) is 11.5 Å². The molecule has 32 heavy (non-hydrogen) atoms. The first-order valence-corrected chi connectivity index (χ1v) is 9.60. The van der Waals surface area contributed by atoms with E-state index in [1.807, 2.05) is 0 Å². The van der Waals surface area contributed by atoms with Crippen LogP contribution in [0, 0.1) is 0 Å². The molecule has 0 amide bonds. The number of aromatic nitrogens is 4. The van der Waals surface area contributed by atoms with E-state index < -0.39 is 43.2 Å². The summed E-state index contributed by atoms with van der Waals surface area (Å²) in [6, 6.07) is 2.85. The molecule has 2 aromatic heterocycles. The number of carbonyl (C=O) groups is 1. The van der Waals surface area contributed by atoms with Gasteiger partial charge in [-0.1, -0.05) is 6.07 Å². The Morgan fingerprint density at radius 3 is 2.59 bits per heavy atom. The standard InChI is InChI=1S/C19H21N5O8/c25-5-12-14(28)15(29)18(32-12)24-7-22-13-16(20-6-21-17(13)24)23-9(19(30)31)3-8-1-2-10(26)11(27)4-8/h1-2,4,6-7,9,12,14-15,18,25-29H,3,5H2,(H,30,31)(H,20,21,23)/t9-,12+,14?,15-,18+/m0/s1. The van der Waals surface area contributed by atoms with Crippen molar-refractivity contribution in [2.75, 3.05) is 11.9 Å². The van der Waals surface area contributed by atoms with E-state index in [1.165, 1.54) is 35.4 Å². The number of hydrogen-bond donors (Lipinski definition) is 7. The highest BCUT2D eigenvalue weighted by Gasteiger charge is 2.44. The molecule has 1 fully saturated rings. The summed E-state index contributed by atoms with van der Waals surface area (Å²) in [5, 5.41) is 61.1. The van der Waals surface area contributed by atoms with Gasteiger partial charge in [-0.25, -0.2) is 19.7 Å². The molecule has 5 atom stereocenters. The molecule has 7 N–H and O–H groups in total. The van der Waals surface area contributed by atoms with Crippen LogP contribution >= 0.6 is 0 Å².